The highest BCUT2D eigenvalue weighted by molar-refractivity contribution is 5.96. The second-order valence-corrected chi connectivity index (χ2v) is 7.18. The van der Waals surface area contributed by atoms with E-state index in [0.29, 0.717) is 18.0 Å². The third-order valence-electron chi connectivity index (χ3n) is 5.56. The Kier molecular flexibility index (Phi) is 4.19. The molecule has 1 aliphatic carbocycles. The van der Waals surface area contributed by atoms with Gasteiger partial charge < -0.3 is 9.88 Å². The van der Waals surface area contributed by atoms with Crippen LogP contribution in [0.1, 0.15) is 58.9 Å². The van der Waals surface area contributed by atoms with Crippen LogP contribution in [0.4, 0.5) is 0 Å². The summed E-state index contributed by atoms with van der Waals surface area (Å²) in [6, 6.07) is 3.54. The number of aromatic amines is 1. The van der Waals surface area contributed by atoms with Crippen LogP contribution in [0.15, 0.2) is 23.1 Å². The molecule has 1 N–H and O–H groups in total. The molecule has 2 aromatic heterocycles. The van der Waals surface area contributed by atoms with E-state index >= 15 is 0 Å². The van der Waals surface area contributed by atoms with E-state index in [-0.39, 0.29) is 11.5 Å². The lowest BCUT2D eigenvalue weighted by atomic mass is 9.90. The molecular weight excluding hydrogens is 316 g/mol. The number of H-pyrrole nitrogens is 1. The number of nitrogens with zero attached hydrogens (tertiary/aromatic N) is 3. The van der Waals surface area contributed by atoms with Crippen molar-refractivity contribution >= 4 is 5.91 Å². The quantitative estimate of drug-likeness (QED) is 0.909. The molecule has 132 valence electrons. The van der Waals surface area contributed by atoms with E-state index < -0.39 is 0 Å². The zero-order valence-corrected chi connectivity index (χ0v) is 14.6. The third-order valence-corrected chi connectivity index (χ3v) is 5.56. The lowest BCUT2D eigenvalue weighted by molar-refractivity contribution is 0.0702. The van der Waals surface area contributed by atoms with Gasteiger partial charge in [-0.05, 0) is 50.2 Å². The Labute approximate surface area is 146 Å². The van der Waals surface area contributed by atoms with E-state index in [0.717, 1.165) is 56.3 Å². The van der Waals surface area contributed by atoms with Crippen molar-refractivity contribution in [3.63, 3.8) is 0 Å². The van der Waals surface area contributed by atoms with Crippen LogP contribution in [0, 0.1) is 0 Å². The molecule has 6 nitrogen and oxygen atoms in total. The average molecular weight is 340 g/mol. The van der Waals surface area contributed by atoms with E-state index in [1.807, 2.05) is 28.9 Å². The average Bonchev–Trinajstić information content (AvgIpc) is 3.06. The molecule has 1 atom stereocenters. The fraction of sp³-hybridized carbons (Fsp3) is 0.526. The van der Waals surface area contributed by atoms with E-state index in [1.54, 1.807) is 0 Å². The summed E-state index contributed by atoms with van der Waals surface area (Å²) >= 11 is 0. The van der Waals surface area contributed by atoms with Gasteiger partial charge in [0, 0.05) is 55.3 Å². The van der Waals surface area contributed by atoms with Gasteiger partial charge >= 0.3 is 0 Å². The molecule has 1 aliphatic heterocycles. The van der Waals surface area contributed by atoms with Gasteiger partial charge in [0.05, 0.1) is 0 Å². The van der Waals surface area contributed by atoms with Crippen molar-refractivity contribution in [2.45, 2.75) is 44.4 Å². The number of carbonyl (C=O) groups is 1. The second kappa shape index (κ2) is 6.50. The molecule has 0 aromatic carbocycles. The Balaban J connectivity index is 1.62. The molecule has 0 saturated carbocycles. The summed E-state index contributed by atoms with van der Waals surface area (Å²) in [6.45, 7) is 1.45. The SMILES string of the molecule is Cn1nccc1C1CCCN(C(=O)c2cc(=O)[nH]c3c2CCCC3)C1. The van der Waals surface area contributed by atoms with Gasteiger partial charge in [0.25, 0.3) is 5.91 Å². The maximum absolute atomic E-state index is 13.2. The predicted octanol–water partition coefficient (Wildman–Crippen LogP) is 2.01. The fourth-order valence-electron chi connectivity index (χ4n) is 4.29. The molecule has 3 heterocycles. The summed E-state index contributed by atoms with van der Waals surface area (Å²) in [6.07, 6.45) is 7.76. The molecule has 6 heteroatoms. The Bertz CT molecular complexity index is 851. The van der Waals surface area contributed by atoms with Gasteiger partial charge in [-0.15, -0.1) is 0 Å². The van der Waals surface area contributed by atoms with Crippen LogP contribution >= 0.6 is 0 Å². The number of rotatable bonds is 2. The largest absolute Gasteiger partial charge is 0.338 e. The van der Waals surface area contributed by atoms with Gasteiger partial charge in [-0.2, -0.15) is 5.10 Å². The van der Waals surface area contributed by atoms with Crippen molar-refractivity contribution in [1.82, 2.24) is 19.7 Å². The number of carbonyl (C=O) groups excluding carboxylic acids is 1. The summed E-state index contributed by atoms with van der Waals surface area (Å²) in [5.74, 6) is 0.319. The minimum atomic E-state index is -0.163. The molecule has 25 heavy (non-hydrogen) atoms. The van der Waals surface area contributed by atoms with Crippen molar-refractivity contribution < 1.29 is 4.79 Å². The molecule has 1 unspecified atom stereocenters. The van der Waals surface area contributed by atoms with Crippen molar-refractivity contribution in [3.8, 4) is 0 Å². The number of piperidine rings is 1. The van der Waals surface area contributed by atoms with Gasteiger partial charge in [0.2, 0.25) is 5.56 Å². The molecule has 4 rings (SSSR count). The van der Waals surface area contributed by atoms with Crippen LogP contribution in [-0.2, 0) is 19.9 Å². The summed E-state index contributed by atoms with van der Waals surface area (Å²) < 4.78 is 1.90. The maximum Gasteiger partial charge on any atom is 0.254 e. The zero-order chi connectivity index (χ0) is 17.4. The number of nitrogens with one attached hydrogen (secondary N) is 1. The van der Waals surface area contributed by atoms with E-state index in [1.165, 1.54) is 11.8 Å². The van der Waals surface area contributed by atoms with E-state index in [2.05, 4.69) is 10.1 Å². The van der Waals surface area contributed by atoms with Crippen LogP contribution in [0.25, 0.3) is 0 Å². The lowest BCUT2D eigenvalue weighted by Crippen LogP contribution is -2.40. The molecule has 2 aromatic rings. The minimum absolute atomic E-state index is 0.0103. The highest BCUT2D eigenvalue weighted by atomic mass is 16.2. The molecular formula is C19H24N4O2. The van der Waals surface area contributed by atoms with Gasteiger partial charge in [-0.1, -0.05) is 0 Å². The third kappa shape index (κ3) is 3.01. The number of hydrogen-bond donors (Lipinski definition) is 1. The Morgan fingerprint density at radius 1 is 1.28 bits per heavy atom. The van der Waals surface area contributed by atoms with Crippen LogP contribution in [-0.4, -0.2) is 38.7 Å². The topological polar surface area (TPSA) is 71.0 Å². The molecule has 0 bridgehead atoms. The van der Waals surface area contributed by atoms with Crippen LogP contribution in [0.2, 0.25) is 0 Å². The van der Waals surface area contributed by atoms with Crippen LogP contribution < -0.4 is 5.56 Å². The predicted molar refractivity (Wildman–Crippen MR) is 94.8 cm³/mol. The first-order valence-corrected chi connectivity index (χ1v) is 9.15. The molecule has 1 amide bonds. The van der Waals surface area contributed by atoms with Crippen LogP contribution in [0.3, 0.4) is 0 Å². The Morgan fingerprint density at radius 3 is 2.92 bits per heavy atom. The highest BCUT2D eigenvalue weighted by Gasteiger charge is 2.29. The van der Waals surface area contributed by atoms with Gasteiger partial charge in [-0.3, -0.25) is 14.3 Å². The monoisotopic (exact) mass is 340 g/mol. The van der Waals surface area contributed by atoms with Gasteiger partial charge in [-0.25, -0.2) is 0 Å². The fourth-order valence-corrected chi connectivity index (χ4v) is 4.29. The van der Waals surface area contributed by atoms with Gasteiger partial charge in [0.1, 0.15) is 0 Å². The molecule has 1 saturated heterocycles. The number of amides is 1. The first kappa shape index (κ1) is 16.1. The number of aryl methyl sites for hydroxylation is 2. The number of pyridine rings is 1. The second-order valence-electron chi connectivity index (χ2n) is 7.18. The normalized spacial score (nSPS) is 20.4. The molecule has 1 fully saturated rings. The zero-order valence-electron chi connectivity index (χ0n) is 14.6. The summed E-state index contributed by atoms with van der Waals surface area (Å²) in [5, 5.41) is 4.26. The first-order valence-electron chi connectivity index (χ1n) is 9.15. The molecule has 0 spiro atoms. The van der Waals surface area contributed by atoms with E-state index in [9.17, 15) is 9.59 Å². The number of fused-ring (bicyclic) bond motifs is 1. The van der Waals surface area contributed by atoms with E-state index in [4.69, 9.17) is 0 Å². The number of hydrogen-bond acceptors (Lipinski definition) is 3. The lowest BCUT2D eigenvalue weighted by Gasteiger charge is -2.33. The standard InChI is InChI=1S/C19H24N4O2/c1-22-17(8-9-20-22)13-5-4-10-23(12-13)19(25)15-11-18(24)21-16-7-3-2-6-14(15)16/h8-9,11,13H,2-7,10,12H2,1H3,(H,21,24). The van der Waals surface area contributed by atoms with Crippen LogP contribution in [0.5, 0.6) is 0 Å². The Hall–Kier alpha value is -2.37. The number of likely N-dealkylation sites (tertiary alicyclic amines) is 1. The summed E-state index contributed by atoms with van der Waals surface area (Å²) in [4.78, 5) is 30.0. The van der Waals surface area contributed by atoms with Crippen molar-refractivity contribution in [2.75, 3.05) is 13.1 Å². The van der Waals surface area contributed by atoms with Crippen molar-refractivity contribution in [3.05, 3.63) is 51.2 Å². The summed E-state index contributed by atoms with van der Waals surface area (Å²) in [7, 11) is 1.95. The Morgan fingerprint density at radius 2 is 2.12 bits per heavy atom. The summed E-state index contributed by atoms with van der Waals surface area (Å²) in [5.41, 5.74) is 3.64. The smallest absolute Gasteiger partial charge is 0.254 e. The van der Waals surface area contributed by atoms with Crippen molar-refractivity contribution in [2.24, 2.45) is 7.05 Å². The van der Waals surface area contributed by atoms with Crippen molar-refractivity contribution in [1.29, 1.82) is 0 Å². The minimum Gasteiger partial charge on any atom is -0.338 e. The first-order chi connectivity index (χ1) is 12.1. The molecule has 2 aliphatic rings. The highest BCUT2D eigenvalue weighted by Crippen LogP contribution is 2.29. The maximum atomic E-state index is 13.2. The number of aromatic nitrogens is 3. The molecule has 0 radical (unpaired) electrons. The van der Waals surface area contributed by atoms with Gasteiger partial charge in [0.15, 0.2) is 0 Å².